The third kappa shape index (κ3) is 2.81. The molecule has 0 atom stereocenters. The second-order valence-corrected chi connectivity index (χ2v) is 5.47. The van der Waals surface area contributed by atoms with Gasteiger partial charge in [0.15, 0.2) is 12.2 Å². The zero-order chi connectivity index (χ0) is 17.2. The maximum absolute atomic E-state index is 12.4. The second-order valence-electron chi connectivity index (χ2n) is 5.47. The molecule has 0 radical (unpaired) electrons. The van der Waals surface area contributed by atoms with E-state index in [1.165, 1.54) is 6.39 Å². The molecule has 2 aromatic heterocycles. The topological polar surface area (TPSA) is 88.0 Å². The van der Waals surface area contributed by atoms with Gasteiger partial charge in [-0.15, -0.1) is 0 Å². The molecular weight excluding hydrogens is 318 g/mol. The van der Waals surface area contributed by atoms with Gasteiger partial charge in [-0.3, -0.25) is 9.59 Å². The molecule has 0 spiro atoms. The first-order valence-corrected chi connectivity index (χ1v) is 7.63. The van der Waals surface area contributed by atoms with Crippen molar-refractivity contribution in [3.8, 4) is 11.3 Å². The molecule has 0 bridgehead atoms. The van der Waals surface area contributed by atoms with Crippen LogP contribution in [0.4, 0.5) is 5.69 Å². The number of Topliss-reactive ketones (excluding diaryl/α,β-unsaturated/α-hetero) is 1. The number of amides is 1. The average Bonchev–Trinajstić information content (AvgIpc) is 3.31. The molecule has 6 nitrogen and oxygen atoms in total. The summed E-state index contributed by atoms with van der Waals surface area (Å²) in [5, 5.41) is 3.34. The number of H-pyrrole nitrogens is 1. The Morgan fingerprint density at radius 3 is 2.60 bits per heavy atom. The van der Waals surface area contributed by atoms with Crippen molar-refractivity contribution < 1.29 is 14.0 Å². The zero-order valence-corrected chi connectivity index (χ0v) is 13.0. The molecule has 2 heterocycles. The molecule has 0 aliphatic rings. The lowest BCUT2D eigenvalue weighted by molar-refractivity contribution is -0.112. The fourth-order valence-electron chi connectivity index (χ4n) is 2.65. The van der Waals surface area contributed by atoms with Crippen LogP contribution in [0.5, 0.6) is 0 Å². The quantitative estimate of drug-likeness (QED) is 0.441. The maximum atomic E-state index is 12.4. The first-order valence-electron chi connectivity index (χ1n) is 7.63. The van der Waals surface area contributed by atoms with Crippen LogP contribution < -0.4 is 5.32 Å². The second kappa shape index (κ2) is 6.09. The molecule has 2 aromatic carbocycles. The predicted octanol–water partition coefficient (Wildman–Crippen LogP) is 3.64. The molecule has 0 saturated heterocycles. The number of aromatic nitrogens is 2. The van der Waals surface area contributed by atoms with Crippen LogP contribution >= 0.6 is 0 Å². The Morgan fingerprint density at radius 1 is 1.04 bits per heavy atom. The highest BCUT2D eigenvalue weighted by Crippen LogP contribution is 2.22. The minimum Gasteiger partial charge on any atom is -0.444 e. The molecule has 25 heavy (non-hydrogen) atoms. The van der Waals surface area contributed by atoms with Crippen LogP contribution in [-0.2, 0) is 4.79 Å². The van der Waals surface area contributed by atoms with Gasteiger partial charge in [-0.25, -0.2) is 4.98 Å². The molecule has 6 heteroatoms. The van der Waals surface area contributed by atoms with Crippen LogP contribution in [0.1, 0.15) is 10.4 Å². The van der Waals surface area contributed by atoms with Gasteiger partial charge in [0.25, 0.3) is 11.7 Å². The van der Waals surface area contributed by atoms with Gasteiger partial charge in [0.05, 0.1) is 11.8 Å². The summed E-state index contributed by atoms with van der Waals surface area (Å²) in [6, 6.07) is 14.3. The monoisotopic (exact) mass is 331 g/mol. The van der Waals surface area contributed by atoms with E-state index < -0.39 is 11.7 Å². The number of para-hydroxylation sites is 1. The summed E-state index contributed by atoms with van der Waals surface area (Å²) in [4.78, 5) is 31.5. The molecule has 0 saturated carbocycles. The summed E-state index contributed by atoms with van der Waals surface area (Å²) in [6.07, 6.45) is 4.51. The minimum atomic E-state index is -0.683. The van der Waals surface area contributed by atoms with E-state index in [1.54, 1.807) is 42.7 Å². The van der Waals surface area contributed by atoms with Crippen molar-refractivity contribution >= 4 is 28.3 Å². The number of carbonyl (C=O) groups excluding carboxylic acids is 2. The molecule has 0 unspecified atom stereocenters. The number of nitrogens with zero attached hydrogens (tertiary/aromatic N) is 1. The predicted molar refractivity (Wildman–Crippen MR) is 93.2 cm³/mol. The van der Waals surface area contributed by atoms with Crippen LogP contribution in [0.25, 0.3) is 22.2 Å². The van der Waals surface area contributed by atoms with Crippen molar-refractivity contribution in [2.45, 2.75) is 0 Å². The lowest BCUT2D eigenvalue weighted by atomic mass is 10.1. The summed E-state index contributed by atoms with van der Waals surface area (Å²) in [5.41, 5.74) is 2.53. The van der Waals surface area contributed by atoms with Crippen LogP contribution in [0.15, 0.2) is 71.7 Å². The Kier molecular flexibility index (Phi) is 3.63. The first kappa shape index (κ1) is 14.9. The molecule has 1 amide bonds. The highest BCUT2D eigenvalue weighted by molar-refractivity contribution is 6.48. The molecule has 0 aliphatic carbocycles. The summed E-state index contributed by atoms with van der Waals surface area (Å²) in [6.45, 7) is 0. The molecule has 122 valence electrons. The van der Waals surface area contributed by atoms with Crippen molar-refractivity contribution in [2.75, 3.05) is 5.32 Å². The zero-order valence-electron chi connectivity index (χ0n) is 13.0. The van der Waals surface area contributed by atoms with E-state index in [-0.39, 0.29) is 0 Å². The highest BCUT2D eigenvalue weighted by Gasteiger charge is 2.19. The van der Waals surface area contributed by atoms with Crippen molar-refractivity contribution in [3.05, 3.63) is 72.9 Å². The summed E-state index contributed by atoms with van der Waals surface area (Å²) in [5.74, 6) is -0.637. The molecule has 0 aliphatic heterocycles. The Labute approximate surface area is 142 Å². The van der Waals surface area contributed by atoms with E-state index in [2.05, 4.69) is 15.3 Å². The number of hydrogen-bond donors (Lipinski definition) is 2. The third-order valence-corrected chi connectivity index (χ3v) is 3.90. The molecule has 4 rings (SSSR count). The largest absolute Gasteiger partial charge is 0.444 e. The average molecular weight is 331 g/mol. The molecule has 0 fully saturated rings. The van der Waals surface area contributed by atoms with Gasteiger partial charge in [-0.1, -0.05) is 18.2 Å². The van der Waals surface area contributed by atoms with Crippen LogP contribution in [-0.4, -0.2) is 21.7 Å². The number of carbonyl (C=O) groups is 2. The summed E-state index contributed by atoms with van der Waals surface area (Å²) in [7, 11) is 0. The Bertz CT molecular complexity index is 1050. The van der Waals surface area contributed by atoms with Gasteiger partial charge in [0, 0.05) is 28.4 Å². The SMILES string of the molecule is O=C(Nc1ccc(-c2cnco2)cc1)C(=O)c1c[nH]c2ccccc12. The van der Waals surface area contributed by atoms with E-state index in [1.807, 2.05) is 18.2 Å². The molecule has 4 aromatic rings. The van der Waals surface area contributed by atoms with Crippen LogP contribution in [0, 0.1) is 0 Å². The molecular formula is C19H13N3O3. The Balaban J connectivity index is 1.52. The van der Waals surface area contributed by atoms with Gasteiger partial charge in [-0.2, -0.15) is 0 Å². The number of oxazole rings is 1. The number of anilines is 1. The lowest BCUT2D eigenvalue weighted by Crippen LogP contribution is -2.22. The lowest BCUT2D eigenvalue weighted by Gasteiger charge is -2.05. The van der Waals surface area contributed by atoms with Crippen LogP contribution in [0.3, 0.4) is 0 Å². The van der Waals surface area contributed by atoms with Gasteiger partial charge >= 0.3 is 0 Å². The minimum absolute atomic E-state index is 0.353. The number of aromatic amines is 1. The number of nitrogens with one attached hydrogen (secondary N) is 2. The third-order valence-electron chi connectivity index (χ3n) is 3.90. The smallest absolute Gasteiger partial charge is 0.296 e. The van der Waals surface area contributed by atoms with Gasteiger partial charge in [0.1, 0.15) is 0 Å². The number of rotatable bonds is 4. The summed E-state index contributed by atoms with van der Waals surface area (Å²) >= 11 is 0. The van der Waals surface area contributed by atoms with Crippen molar-refractivity contribution in [1.82, 2.24) is 9.97 Å². The van der Waals surface area contributed by atoms with Gasteiger partial charge in [-0.05, 0) is 30.3 Å². The number of benzene rings is 2. The van der Waals surface area contributed by atoms with E-state index >= 15 is 0 Å². The van der Waals surface area contributed by atoms with Crippen LogP contribution in [0.2, 0.25) is 0 Å². The fourth-order valence-corrected chi connectivity index (χ4v) is 2.65. The number of fused-ring (bicyclic) bond motifs is 1. The number of ketones is 1. The van der Waals surface area contributed by atoms with Gasteiger partial charge < -0.3 is 14.7 Å². The van der Waals surface area contributed by atoms with E-state index in [0.717, 1.165) is 16.5 Å². The summed E-state index contributed by atoms with van der Waals surface area (Å²) < 4.78 is 5.21. The Hall–Kier alpha value is -3.67. The standard InChI is InChI=1S/C19H13N3O3/c23-18(15-9-21-16-4-2-1-3-14(15)16)19(24)22-13-7-5-12(6-8-13)17-10-20-11-25-17/h1-11,21H,(H,22,24). The van der Waals surface area contributed by atoms with Crippen molar-refractivity contribution in [3.63, 3.8) is 0 Å². The van der Waals surface area contributed by atoms with E-state index in [9.17, 15) is 9.59 Å². The highest BCUT2D eigenvalue weighted by atomic mass is 16.3. The maximum Gasteiger partial charge on any atom is 0.296 e. The van der Waals surface area contributed by atoms with E-state index in [0.29, 0.717) is 17.0 Å². The fraction of sp³-hybridized carbons (Fsp3) is 0. The van der Waals surface area contributed by atoms with E-state index in [4.69, 9.17) is 4.42 Å². The first-order chi connectivity index (χ1) is 12.2. The number of hydrogen-bond acceptors (Lipinski definition) is 4. The normalized spacial score (nSPS) is 10.7. The molecule has 2 N–H and O–H groups in total. The van der Waals surface area contributed by atoms with Gasteiger partial charge in [0.2, 0.25) is 0 Å². The Morgan fingerprint density at radius 2 is 1.84 bits per heavy atom. The van der Waals surface area contributed by atoms with Crippen molar-refractivity contribution in [2.24, 2.45) is 0 Å². The van der Waals surface area contributed by atoms with Crippen molar-refractivity contribution in [1.29, 1.82) is 0 Å².